The Balaban J connectivity index is 2.18. The van der Waals surface area contributed by atoms with Crippen LogP contribution in [0.2, 0.25) is 0 Å². The highest BCUT2D eigenvalue weighted by Crippen LogP contribution is 2.34. The highest BCUT2D eigenvalue weighted by molar-refractivity contribution is 7.09. The average Bonchev–Trinajstić information content (AvgIpc) is 2.70. The van der Waals surface area contributed by atoms with Gasteiger partial charge in [0.15, 0.2) is 0 Å². The molecule has 2 rings (SSSR count). The van der Waals surface area contributed by atoms with Crippen molar-refractivity contribution in [3.63, 3.8) is 0 Å². The van der Waals surface area contributed by atoms with Gasteiger partial charge in [0.25, 0.3) is 0 Å². The van der Waals surface area contributed by atoms with Crippen molar-refractivity contribution in [1.82, 2.24) is 4.98 Å². The van der Waals surface area contributed by atoms with Crippen molar-refractivity contribution in [2.75, 3.05) is 6.61 Å². The number of aromatic nitrogens is 1. The topological polar surface area (TPSA) is 59.4 Å². The Bertz CT molecular complexity index is 312. The summed E-state index contributed by atoms with van der Waals surface area (Å²) in [5, 5.41) is 11.6. The first-order chi connectivity index (χ1) is 6.79. The van der Waals surface area contributed by atoms with Crippen molar-refractivity contribution < 1.29 is 14.6 Å². The summed E-state index contributed by atoms with van der Waals surface area (Å²) in [6, 6.07) is 0. The number of ether oxygens (including phenoxy) is 1. The van der Waals surface area contributed by atoms with Gasteiger partial charge in [0, 0.05) is 18.2 Å². The molecular weight excluding hydrogens is 202 g/mol. The minimum atomic E-state index is -0.787. The third-order valence-corrected chi connectivity index (χ3v) is 3.17. The van der Waals surface area contributed by atoms with Crippen LogP contribution < -0.4 is 0 Å². The maximum absolute atomic E-state index is 11.0. The van der Waals surface area contributed by atoms with Crippen LogP contribution in [0.4, 0.5) is 0 Å². The molecule has 0 spiro atoms. The maximum atomic E-state index is 11.0. The molecule has 14 heavy (non-hydrogen) atoms. The van der Waals surface area contributed by atoms with Crippen molar-refractivity contribution >= 4 is 17.3 Å². The zero-order chi connectivity index (χ0) is 9.97. The molecule has 0 aliphatic carbocycles. The third kappa shape index (κ3) is 1.78. The molecule has 1 aliphatic rings. The van der Waals surface area contributed by atoms with Gasteiger partial charge in [0.1, 0.15) is 11.1 Å². The fourth-order valence-corrected chi connectivity index (χ4v) is 2.40. The van der Waals surface area contributed by atoms with Crippen LogP contribution in [0.25, 0.3) is 0 Å². The Labute approximate surface area is 85.5 Å². The van der Waals surface area contributed by atoms with E-state index in [1.807, 2.05) is 5.38 Å². The summed E-state index contributed by atoms with van der Waals surface area (Å²) in [5.41, 5.74) is 0. The van der Waals surface area contributed by atoms with E-state index in [9.17, 15) is 4.79 Å². The van der Waals surface area contributed by atoms with Crippen LogP contribution >= 0.6 is 11.3 Å². The molecular formula is C9H11NO3S. The van der Waals surface area contributed by atoms with Gasteiger partial charge in [-0.05, 0) is 12.8 Å². The Morgan fingerprint density at radius 2 is 2.57 bits per heavy atom. The summed E-state index contributed by atoms with van der Waals surface area (Å²) in [7, 11) is 0. The average molecular weight is 213 g/mol. The van der Waals surface area contributed by atoms with E-state index in [0.29, 0.717) is 13.0 Å². The predicted molar refractivity (Wildman–Crippen MR) is 51.2 cm³/mol. The highest BCUT2D eigenvalue weighted by atomic mass is 32.1. The second-order valence-corrected chi connectivity index (χ2v) is 4.17. The number of rotatable bonds is 2. The number of thiazole rings is 1. The molecule has 1 fully saturated rings. The Kier molecular flexibility index (Phi) is 2.79. The van der Waals surface area contributed by atoms with Crippen LogP contribution in [0.15, 0.2) is 11.6 Å². The van der Waals surface area contributed by atoms with Crippen molar-refractivity contribution in [2.45, 2.75) is 18.9 Å². The first-order valence-corrected chi connectivity index (χ1v) is 5.41. The Morgan fingerprint density at radius 3 is 3.21 bits per heavy atom. The van der Waals surface area contributed by atoms with Crippen LogP contribution in [-0.2, 0) is 9.53 Å². The quantitative estimate of drug-likeness (QED) is 0.812. The van der Waals surface area contributed by atoms with Crippen LogP contribution in [-0.4, -0.2) is 22.7 Å². The van der Waals surface area contributed by atoms with E-state index < -0.39 is 11.9 Å². The molecule has 0 amide bonds. The van der Waals surface area contributed by atoms with Gasteiger partial charge < -0.3 is 9.84 Å². The largest absolute Gasteiger partial charge is 0.481 e. The van der Waals surface area contributed by atoms with Crippen LogP contribution in [0, 0.1) is 5.92 Å². The Morgan fingerprint density at radius 1 is 1.71 bits per heavy atom. The smallest absolute Gasteiger partial charge is 0.309 e. The molecule has 1 saturated heterocycles. The van der Waals surface area contributed by atoms with Gasteiger partial charge in [0.05, 0.1) is 5.92 Å². The molecule has 1 aromatic rings. The first-order valence-electron chi connectivity index (χ1n) is 4.53. The minimum Gasteiger partial charge on any atom is -0.481 e. The predicted octanol–water partition coefficient (Wildman–Crippen LogP) is 1.70. The molecule has 2 atom stereocenters. The SMILES string of the molecule is O=C(O)C1CCCOC1c1nccs1. The van der Waals surface area contributed by atoms with Gasteiger partial charge in [-0.25, -0.2) is 4.98 Å². The van der Waals surface area contributed by atoms with Gasteiger partial charge in [-0.15, -0.1) is 11.3 Å². The van der Waals surface area contributed by atoms with E-state index >= 15 is 0 Å². The van der Waals surface area contributed by atoms with E-state index in [-0.39, 0.29) is 6.10 Å². The van der Waals surface area contributed by atoms with Gasteiger partial charge >= 0.3 is 5.97 Å². The molecule has 4 nitrogen and oxygen atoms in total. The summed E-state index contributed by atoms with van der Waals surface area (Å²) >= 11 is 1.45. The van der Waals surface area contributed by atoms with Crippen molar-refractivity contribution in [2.24, 2.45) is 5.92 Å². The fraction of sp³-hybridized carbons (Fsp3) is 0.556. The lowest BCUT2D eigenvalue weighted by Crippen LogP contribution is -2.28. The molecule has 1 aliphatic heterocycles. The number of carboxylic acid groups (broad SMARTS) is 1. The highest BCUT2D eigenvalue weighted by Gasteiger charge is 2.34. The monoisotopic (exact) mass is 213 g/mol. The lowest BCUT2D eigenvalue weighted by molar-refractivity contribution is -0.151. The molecule has 0 bridgehead atoms. The van der Waals surface area contributed by atoms with Crippen molar-refractivity contribution in [3.05, 3.63) is 16.6 Å². The van der Waals surface area contributed by atoms with E-state index in [1.54, 1.807) is 6.20 Å². The number of nitrogens with zero attached hydrogens (tertiary/aromatic N) is 1. The summed E-state index contributed by atoms with van der Waals surface area (Å²) in [4.78, 5) is 15.1. The van der Waals surface area contributed by atoms with Crippen molar-refractivity contribution in [3.8, 4) is 0 Å². The summed E-state index contributed by atoms with van der Waals surface area (Å²) in [5.74, 6) is -1.22. The van der Waals surface area contributed by atoms with E-state index in [1.165, 1.54) is 11.3 Å². The molecule has 5 heteroatoms. The third-order valence-electron chi connectivity index (χ3n) is 2.33. The zero-order valence-corrected chi connectivity index (χ0v) is 8.37. The second-order valence-electron chi connectivity index (χ2n) is 3.25. The van der Waals surface area contributed by atoms with Crippen LogP contribution in [0.3, 0.4) is 0 Å². The van der Waals surface area contributed by atoms with Gasteiger partial charge in [0.2, 0.25) is 0 Å². The number of carboxylic acids is 1. The molecule has 0 aromatic carbocycles. The van der Waals surface area contributed by atoms with Crippen LogP contribution in [0.5, 0.6) is 0 Å². The van der Waals surface area contributed by atoms with Gasteiger partial charge in [-0.1, -0.05) is 0 Å². The Hall–Kier alpha value is -0.940. The lowest BCUT2D eigenvalue weighted by atomic mass is 9.95. The fourth-order valence-electron chi connectivity index (χ4n) is 1.65. The standard InChI is InChI=1S/C9H11NO3S/c11-9(12)6-2-1-4-13-7(6)8-10-3-5-14-8/h3,5-7H,1-2,4H2,(H,11,12). The number of carbonyl (C=O) groups is 1. The number of hydrogen-bond donors (Lipinski definition) is 1. The minimum absolute atomic E-state index is 0.346. The molecule has 0 saturated carbocycles. The molecule has 76 valence electrons. The second kappa shape index (κ2) is 4.06. The van der Waals surface area contributed by atoms with E-state index in [0.717, 1.165) is 11.4 Å². The van der Waals surface area contributed by atoms with E-state index in [2.05, 4.69) is 4.98 Å². The first kappa shape index (κ1) is 9.61. The normalized spacial score (nSPS) is 27.4. The lowest BCUT2D eigenvalue weighted by Gasteiger charge is -2.27. The molecule has 1 aromatic heterocycles. The molecule has 1 N–H and O–H groups in total. The zero-order valence-electron chi connectivity index (χ0n) is 7.55. The summed E-state index contributed by atoms with van der Waals surface area (Å²) < 4.78 is 5.46. The number of hydrogen-bond acceptors (Lipinski definition) is 4. The van der Waals surface area contributed by atoms with Gasteiger partial charge in [-0.2, -0.15) is 0 Å². The van der Waals surface area contributed by atoms with Crippen LogP contribution in [0.1, 0.15) is 24.0 Å². The molecule has 2 unspecified atom stereocenters. The molecule has 0 radical (unpaired) electrons. The van der Waals surface area contributed by atoms with Crippen molar-refractivity contribution in [1.29, 1.82) is 0 Å². The maximum Gasteiger partial charge on any atom is 0.309 e. The van der Waals surface area contributed by atoms with E-state index in [4.69, 9.17) is 9.84 Å². The molecule has 2 heterocycles. The summed E-state index contributed by atoms with van der Waals surface area (Å²) in [6.45, 7) is 0.633. The number of aliphatic carboxylic acids is 1. The van der Waals surface area contributed by atoms with Gasteiger partial charge in [-0.3, -0.25) is 4.79 Å². The summed E-state index contributed by atoms with van der Waals surface area (Å²) in [6.07, 6.45) is 2.83.